The summed E-state index contributed by atoms with van der Waals surface area (Å²) >= 11 is 5.53. The van der Waals surface area contributed by atoms with Crippen LogP contribution >= 0.6 is 11.6 Å². The monoisotopic (exact) mass is 415 g/mol. The van der Waals surface area contributed by atoms with Crippen molar-refractivity contribution in [2.75, 3.05) is 0 Å². The van der Waals surface area contributed by atoms with Crippen LogP contribution in [0, 0.1) is 5.82 Å². The molecule has 0 bridgehead atoms. The number of ether oxygens (including phenoxy) is 2. The van der Waals surface area contributed by atoms with Crippen molar-refractivity contribution < 1.29 is 27.0 Å². The molecule has 0 radical (unpaired) electrons. The zero-order valence-corrected chi connectivity index (χ0v) is 14.5. The summed E-state index contributed by atoms with van der Waals surface area (Å²) in [5.41, 5.74) is -1.41. The molecule has 0 spiro atoms. The Hall–Kier alpha value is -3.14. The fourth-order valence-corrected chi connectivity index (χ4v) is 2.34. The number of nitrogens with one attached hydrogen (secondary N) is 1. The van der Waals surface area contributed by atoms with Crippen molar-refractivity contribution in [1.29, 1.82) is 0 Å². The quantitative estimate of drug-likeness (QED) is 0.627. The topological polar surface area (TPSA) is 77.1 Å². The molecule has 0 unspecified atom stereocenters. The van der Waals surface area contributed by atoms with Crippen molar-refractivity contribution in [3.8, 4) is 17.5 Å². The van der Waals surface area contributed by atoms with E-state index in [1.807, 2.05) is 0 Å². The number of H-pyrrole nitrogens is 1. The van der Waals surface area contributed by atoms with E-state index in [1.165, 1.54) is 18.5 Å². The van der Waals surface area contributed by atoms with E-state index in [1.54, 1.807) is 0 Å². The van der Waals surface area contributed by atoms with Crippen molar-refractivity contribution in [2.24, 2.45) is 0 Å². The molecule has 11 heteroatoms. The number of benzene rings is 1. The Balaban J connectivity index is 1.73. The van der Waals surface area contributed by atoms with Gasteiger partial charge in [-0.1, -0.05) is 11.6 Å². The lowest BCUT2D eigenvalue weighted by atomic mass is 10.2. The molecule has 146 valence electrons. The van der Waals surface area contributed by atoms with E-state index in [4.69, 9.17) is 21.1 Å². The molecule has 0 saturated heterocycles. The zero-order valence-electron chi connectivity index (χ0n) is 13.8. The number of alkyl halides is 3. The van der Waals surface area contributed by atoms with Crippen LogP contribution in [-0.4, -0.2) is 15.0 Å². The molecular formula is C17H10ClF4N3O3. The molecule has 3 aromatic rings. The van der Waals surface area contributed by atoms with Crippen molar-refractivity contribution in [1.82, 2.24) is 15.0 Å². The SMILES string of the molecule is O=c1nccc(OCc2cnc(Oc3ccc(Cl)c(C(F)(F)F)c3)c(F)c2)[nH]1. The van der Waals surface area contributed by atoms with Crippen molar-refractivity contribution in [3.05, 3.63) is 75.2 Å². The van der Waals surface area contributed by atoms with Crippen molar-refractivity contribution in [3.63, 3.8) is 0 Å². The van der Waals surface area contributed by atoms with Gasteiger partial charge in [-0.3, -0.25) is 4.98 Å². The molecule has 0 aliphatic carbocycles. The minimum absolute atomic E-state index is 0.122. The van der Waals surface area contributed by atoms with E-state index < -0.39 is 34.1 Å². The molecular weight excluding hydrogens is 406 g/mol. The van der Waals surface area contributed by atoms with E-state index >= 15 is 0 Å². The third kappa shape index (κ3) is 4.77. The zero-order chi connectivity index (χ0) is 20.3. The molecule has 0 fully saturated rings. The van der Waals surface area contributed by atoms with E-state index in [9.17, 15) is 22.4 Å². The molecule has 3 rings (SSSR count). The first-order valence-corrected chi connectivity index (χ1v) is 7.97. The van der Waals surface area contributed by atoms with Gasteiger partial charge in [0.2, 0.25) is 0 Å². The molecule has 2 heterocycles. The van der Waals surface area contributed by atoms with Gasteiger partial charge in [-0.25, -0.2) is 19.2 Å². The number of hydrogen-bond acceptors (Lipinski definition) is 5. The Bertz CT molecular complexity index is 1060. The predicted molar refractivity (Wildman–Crippen MR) is 89.9 cm³/mol. The van der Waals surface area contributed by atoms with E-state index in [2.05, 4.69) is 15.0 Å². The van der Waals surface area contributed by atoms with Crippen LogP contribution in [0.3, 0.4) is 0 Å². The molecule has 1 N–H and O–H groups in total. The minimum Gasteiger partial charge on any atom is -0.474 e. The third-order valence-electron chi connectivity index (χ3n) is 3.36. The Kier molecular flexibility index (Phi) is 5.50. The normalized spacial score (nSPS) is 11.3. The Labute approximate surface area is 159 Å². The molecule has 2 aromatic heterocycles. The van der Waals surface area contributed by atoms with Gasteiger partial charge in [-0.15, -0.1) is 0 Å². The number of hydrogen-bond donors (Lipinski definition) is 1. The average Bonchev–Trinajstić information content (AvgIpc) is 2.62. The van der Waals surface area contributed by atoms with Gasteiger partial charge >= 0.3 is 11.9 Å². The van der Waals surface area contributed by atoms with Gasteiger partial charge in [0.25, 0.3) is 5.88 Å². The van der Waals surface area contributed by atoms with Gasteiger partial charge in [0.05, 0.1) is 10.6 Å². The smallest absolute Gasteiger partial charge is 0.417 e. The maximum absolute atomic E-state index is 14.2. The molecule has 0 atom stereocenters. The van der Waals surface area contributed by atoms with Crippen molar-refractivity contribution >= 4 is 11.6 Å². The van der Waals surface area contributed by atoms with Crippen LogP contribution in [0.4, 0.5) is 17.6 Å². The second-order valence-corrected chi connectivity index (χ2v) is 5.81. The Morgan fingerprint density at radius 1 is 1.14 bits per heavy atom. The number of halogens is 5. The number of nitrogens with zero attached hydrogens (tertiary/aromatic N) is 2. The van der Waals surface area contributed by atoms with Crippen LogP contribution in [0.25, 0.3) is 0 Å². The predicted octanol–water partition coefficient (Wildman–Crippen LogP) is 4.35. The lowest BCUT2D eigenvalue weighted by Gasteiger charge is -2.12. The van der Waals surface area contributed by atoms with Crippen LogP contribution in [0.2, 0.25) is 5.02 Å². The van der Waals surface area contributed by atoms with Gasteiger partial charge < -0.3 is 9.47 Å². The van der Waals surface area contributed by atoms with Crippen LogP contribution in [0.1, 0.15) is 11.1 Å². The first kappa shape index (κ1) is 19.6. The Morgan fingerprint density at radius 2 is 1.93 bits per heavy atom. The summed E-state index contributed by atoms with van der Waals surface area (Å²) in [6.07, 6.45) is -2.22. The molecule has 0 aliphatic rings. The van der Waals surface area contributed by atoms with Gasteiger partial charge in [0.15, 0.2) is 11.7 Å². The maximum atomic E-state index is 14.2. The summed E-state index contributed by atoms with van der Waals surface area (Å²) in [6, 6.07) is 5.26. The van der Waals surface area contributed by atoms with Gasteiger partial charge in [0.1, 0.15) is 12.4 Å². The van der Waals surface area contributed by atoms with Gasteiger partial charge in [-0.2, -0.15) is 13.2 Å². The van der Waals surface area contributed by atoms with Gasteiger partial charge in [-0.05, 0) is 24.3 Å². The molecule has 0 amide bonds. The number of aromatic amines is 1. The van der Waals surface area contributed by atoms with Gasteiger partial charge in [0, 0.05) is 24.0 Å². The van der Waals surface area contributed by atoms with Crippen molar-refractivity contribution in [2.45, 2.75) is 12.8 Å². The highest BCUT2D eigenvalue weighted by Gasteiger charge is 2.33. The molecule has 0 aliphatic heterocycles. The first-order valence-electron chi connectivity index (χ1n) is 7.59. The second-order valence-electron chi connectivity index (χ2n) is 5.40. The molecule has 28 heavy (non-hydrogen) atoms. The van der Waals surface area contributed by atoms with E-state index in [0.717, 1.165) is 18.2 Å². The van der Waals surface area contributed by atoms with E-state index in [-0.39, 0.29) is 18.2 Å². The summed E-state index contributed by atoms with van der Waals surface area (Å²) in [6.45, 7) is -0.122. The number of rotatable bonds is 5. The van der Waals surface area contributed by atoms with Crippen LogP contribution in [0.5, 0.6) is 17.5 Å². The summed E-state index contributed by atoms with van der Waals surface area (Å²) in [5.74, 6) is -1.58. The standard InChI is InChI=1S/C17H10ClF4N3O3/c18-12-2-1-10(6-11(12)17(20,21)22)28-15-13(19)5-9(7-24-15)8-27-14-3-4-23-16(26)25-14/h1-7H,8H2,(H,23,25,26). The maximum Gasteiger partial charge on any atom is 0.417 e. The average molecular weight is 416 g/mol. The number of aromatic nitrogens is 3. The summed E-state index contributed by atoms with van der Waals surface area (Å²) in [4.78, 5) is 20.6. The fraction of sp³-hybridized carbons (Fsp3) is 0.118. The number of pyridine rings is 1. The summed E-state index contributed by atoms with van der Waals surface area (Å²) < 4.78 is 63.2. The van der Waals surface area contributed by atoms with Crippen LogP contribution in [0.15, 0.2) is 47.5 Å². The van der Waals surface area contributed by atoms with E-state index in [0.29, 0.717) is 11.6 Å². The largest absolute Gasteiger partial charge is 0.474 e. The molecule has 1 aromatic carbocycles. The highest BCUT2D eigenvalue weighted by atomic mass is 35.5. The minimum atomic E-state index is -4.68. The second kappa shape index (κ2) is 7.85. The van der Waals surface area contributed by atoms with Crippen LogP contribution in [-0.2, 0) is 12.8 Å². The summed E-state index contributed by atoms with van der Waals surface area (Å²) in [7, 11) is 0. The molecule has 6 nitrogen and oxygen atoms in total. The third-order valence-corrected chi connectivity index (χ3v) is 3.69. The lowest BCUT2D eigenvalue weighted by Crippen LogP contribution is -2.10. The lowest BCUT2D eigenvalue weighted by molar-refractivity contribution is -0.137. The Morgan fingerprint density at radius 3 is 2.61 bits per heavy atom. The molecule has 0 saturated carbocycles. The summed E-state index contributed by atoms with van der Waals surface area (Å²) in [5, 5.41) is -0.505. The first-order chi connectivity index (χ1) is 13.2. The highest BCUT2D eigenvalue weighted by molar-refractivity contribution is 6.31. The highest BCUT2D eigenvalue weighted by Crippen LogP contribution is 2.37. The van der Waals surface area contributed by atoms with Crippen LogP contribution < -0.4 is 15.2 Å². The fourth-order valence-electron chi connectivity index (χ4n) is 2.11.